The van der Waals surface area contributed by atoms with Gasteiger partial charge in [0.05, 0.1) is 12.3 Å². The van der Waals surface area contributed by atoms with Crippen LogP contribution in [0.2, 0.25) is 0 Å². The SMILES string of the molecule is C[C@@H](NS(=O)(=O)c1ccc(C(=O)O)o1)c1ccco1. The molecule has 8 heteroatoms. The molecular formula is C11H11NO6S. The number of rotatable bonds is 5. The van der Waals surface area contributed by atoms with Crippen LogP contribution in [0.15, 0.2) is 44.5 Å². The molecule has 0 fully saturated rings. The largest absolute Gasteiger partial charge is 0.475 e. The van der Waals surface area contributed by atoms with E-state index in [9.17, 15) is 13.2 Å². The Hall–Kier alpha value is -2.06. The summed E-state index contributed by atoms with van der Waals surface area (Å²) in [6.07, 6.45) is 1.43. The molecule has 0 amide bonds. The third-order valence-electron chi connectivity index (χ3n) is 2.36. The number of carboxylic acids is 1. The Bertz CT molecular complexity index is 670. The Morgan fingerprint density at radius 3 is 2.63 bits per heavy atom. The van der Waals surface area contributed by atoms with E-state index in [1.54, 1.807) is 19.1 Å². The van der Waals surface area contributed by atoms with E-state index < -0.39 is 32.9 Å². The summed E-state index contributed by atoms with van der Waals surface area (Å²) in [4.78, 5) is 10.6. The standard InChI is InChI=1S/C11H11NO6S/c1-7(8-3-2-6-17-8)12-19(15,16)10-5-4-9(18-10)11(13)14/h2-7,12H,1H3,(H,13,14)/t7-/m1/s1. The van der Waals surface area contributed by atoms with E-state index in [1.165, 1.54) is 6.26 Å². The van der Waals surface area contributed by atoms with Gasteiger partial charge in [0.15, 0.2) is 0 Å². The van der Waals surface area contributed by atoms with Gasteiger partial charge in [-0.1, -0.05) is 0 Å². The molecule has 2 aromatic heterocycles. The first-order valence-corrected chi connectivity index (χ1v) is 6.77. The number of nitrogens with one attached hydrogen (secondary N) is 1. The Morgan fingerprint density at radius 2 is 2.11 bits per heavy atom. The fraction of sp³-hybridized carbons (Fsp3) is 0.182. The molecular weight excluding hydrogens is 274 g/mol. The van der Waals surface area contributed by atoms with E-state index in [0.717, 1.165) is 12.1 Å². The van der Waals surface area contributed by atoms with Gasteiger partial charge in [-0.05, 0) is 31.2 Å². The van der Waals surface area contributed by atoms with Gasteiger partial charge < -0.3 is 13.9 Å². The molecule has 0 aromatic carbocycles. The first-order chi connectivity index (χ1) is 8.90. The van der Waals surface area contributed by atoms with Crippen LogP contribution < -0.4 is 4.72 Å². The highest BCUT2D eigenvalue weighted by atomic mass is 32.2. The quantitative estimate of drug-likeness (QED) is 0.863. The summed E-state index contributed by atoms with van der Waals surface area (Å²) in [7, 11) is -3.94. The van der Waals surface area contributed by atoms with Crippen LogP contribution in [0.1, 0.15) is 29.3 Å². The van der Waals surface area contributed by atoms with E-state index >= 15 is 0 Å². The fourth-order valence-electron chi connectivity index (χ4n) is 1.47. The minimum atomic E-state index is -3.94. The van der Waals surface area contributed by atoms with Crippen molar-refractivity contribution in [3.05, 3.63) is 42.0 Å². The maximum Gasteiger partial charge on any atom is 0.371 e. The number of carbonyl (C=O) groups is 1. The van der Waals surface area contributed by atoms with Gasteiger partial charge in [0.25, 0.3) is 10.0 Å². The number of sulfonamides is 1. The van der Waals surface area contributed by atoms with Crippen molar-refractivity contribution < 1.29 is 27.2 Å². The molecule has 1 atom stereocenters. The van der Waals surface area contributed by atoms with Gasteiger partial charge in [0, 0.05) is 0 Å². The smallest absolute Gasteiger partial charge is 0.371 e. The summed E-state index contributed by atoms with van der Waals surface area (Å²) in [6, 6.07) is 4.82. The molecule has 2 heterocycles. The predicted molar refractivity (Wildman–Crippen MR) is 63.1 cm³/mol. The highest BCUT2D eigenvalue weighted by Crippen LogP contribution is 2.19. The molecule has 2 rings (SSSR count). The molecule has 2 N–H and O–H groups in total. The minimum Gasteiger partial charge on any atom is -0.475 e. The number of aromatic carboxylic acids is 1. The number of hydrogen-bond acceptors (Lipinski definition) is 5. The fourth-order valence-corrected chi connectivity index (χ4v) is 2.61. The lowest BCUT2D eigenvalue weighted by Crippen LogP contribution is -2.26. The van der Waals surface area contributed by atoms with Crippen molar-refractivity contribution in [1.82, 2.24) is 4.72 Å². The monoisotopic (exact) mass is 285 g/mol. The zero-order valence-corrected chi connectivity index (χ0v) is 10.7. The molecule has 0 saturated carbocycles. The van der Waals surface area contributed by atoms with Crippen molar-refractivity contribution in [3.63, 3.8) is 0 Å². The zero-order chi connectivity index (χ0) is 14.0. The highest BCUT2D eigenvalue weighted by Gasteiger charge is 2.24. The van der Waals surface area contributed by atoms with Gasteiger partial charge in [0.2, 0.25) is 10.9 Å². The minimum absolute atomic E-state index is 0.439. The van der Waals surface area contributed by atoms with Crippen LogP contribution in [-0.2, 0) is 10.0 Å². The Kier molecular flexibility index (Phi) is 3.45. The second kappa shape index (κ2) is 4.90. The average Bonchev–Trinajstić information content (AvgIpc) is 3.00. The van der Waals surface area contributed by atoms with Crippen molar-refractivity contribution in [2.75, 3.05) is 0 Å². The van der Waals surface area contributed by atoms with Crippen molar-refractivity contribution in [2.24, 2.45) is 0 Å². The van der Waals surface area contributed by atoms with Crippen molar-refractivity contribution in [3.8, 4) is 0 Å². The van der Waals surface area contributed by atoms with Crippen LogP contribution in [0.3, 0.4) is 0 Å². The van der Waals surface area contributed by atoms with Gasteiger partial charge >= 0.3 is 5.97 Å². The second-order valence-electron chi connectivity index (χ2n) is 3.78. The van der Waals surface area contributed by atoms with Crippen LogP contribution in [0, 0.1) is 0 Å². The maximum absolute atomic E-state index is 11.9. The molecule has 0 aliphatic rings. The average molecular weight is 285 g/mol. The summed E-state index contributed by atoms with van der Waals surface area (Å²) in [6.45, 7) is 1.59. The molecule has 7 nitrogen and oxygen atoms in total. The van der Waals surface area contributed by atoms with Crippen LogP contribution in [0.4, 0.5) is 0 Å². The van der Waals surface area contributed by atoms with E-state index in [2.05, 4.69) is 4.72 Å². The van der Waals surface area contributed by atoms with Gasteiger partial charge in [-0.2, -0.15) is 4.72 Å². The first kappa shape index (κ1) is 13.4. The number of hydrogen-bond donors (Lipinski definition) is 2. The van der Waals surface area contributed by atoms with Crippen molar-refractivity contribution >= 4 is 16.0 Å². The lowest BCUT2D eigenvalue weighted by Gasteiger charge is -2.09. The number of carboxylic acid groups (broad SMARTS) is 1. The Labute approximate surface area is 108 Å². The summed E-state index contributed by atoms with van der Waals surface area (Å²) < 4.78 is 36.0. The van der Waals surface area contributed by atoms with Gasteiger partial charge in [-0.3, -0.25) is 0 Å². The third kappa shape index (κ3) is 2.85. The summed E-state index contributed by atoms with van der Waals surface area (Å²) in [5.74, 6) is -1.33. The Balaban J connectivity index is 2.20. The van der Waals surface area contributed by atoms with Gasteiger partial charge in [0.1, 0.15) is 5.76 Å². The van der Waals surface area contributed by atoms with Crippen molar-refractivity contribution in [2.45, 2.75) is 18.1 Å². The zero-order valence-electron chi connectivity index (χ0n) is 9.86. The molecule has 19 heavy (non-hydrogen) atoms. The van der Waals surface area contributed by atoms with Gasteiger partial charge in [-0.15, -0.1) is 0 Å². The summed E-state index contributed by atoms with van der Waals surface area (Å²) >= 11 is 0. The van der Waals surface area contributed by atoms with E-state index in [4.69, 9.17) is 13.9 Å². The molecule has 0 bridgehead atoms. The van der Waals surface area contributed by atoms with Crippen LogP contribution in [0.25, 0.3) is 0 Å². The molecule has 0 aliphatic carbocycles. The second-order valence-corrected chi connectivity index (χ2v) is 5.43. The molecule has 0 aliphatic heterocycles. The lowest BCUT2D eigenvalue weighted by molar-refractivity contribution is 0.0656. The highest BCUT2D eigenvalue weighted by molar-refractivity contribution is 7.89. The van der Waals surface area contributed by atoms with E-state index in [0.29, 0.717) is 5.76 Å². The van der Waals surface area contributed by atoms with E-state index in [-0.39, 0.29) is 0 Å². The number of furan rings is 2. The summed E-state index contributed by atoms with van der Waals surface area (Å²) in [5, 5.41) is 8.22. The van der Waals surface area contributed by atoms with Crippen LogP contribution in [-0.4, -0.2) is 19.5 Å². The topological polar surface area (TPSA) is 110 Å². The first-order valence-electron chi connectivity index (χ1n) is 5.29. The molecule has 2 aromatic rings. The lowest BCUT2D eigenvalue weighted by atomic mass is 10.3. The molecule has 102 valence electrons. The normalized spacial score (nSPS) is 13.3. The van der Waals surface area contributed by atoms with Crippen LogP contribution >= 0.6 is 0 Å². The maximum atomic E-state index is 11.9. The predicted octanol–water partition coefficient (Wildman–Crippen LogP) is 1.61. The van der Waals surface area contributed by atoms with E-state index in [1.807, 2.05) is 0 Å². The summed E-state index contributed by atoms with van der Waals surface area (Å²) in [5.41, 5.74) is 0. The van der Waals surface area contributed by atoms with Gasteiger partial charge in [-0.25, -0.2) is 13.2 Å². The third-order valence-corrected chi connectivity index (χ3v) is 3.77. The molecule has 0 spiro atoms. The van der Waals surface area contributed by atoms with Crippen molar-refractivity contribution in [1.29, 1.82) is 0 Å². The molecule has 0 radical (unpaired) electrons. The molecule has 0 unspecified atom stereocenters. The van der Waals surface area contributed by atoms with Crippen LogP contribution in [0.5, 0.6) is 0 Å². The Morgan fingerprint density at radius 1 is 1.37 bits per heavy atom. The molecule has 0 saturated heterocycles.